The first-order valence-electron chi connectivity index (χ1n) is 7.17. The number of rotatable bonds is 7. The number of carbonyl (C=O) groups excluding carboxylic acids is 1. The molecule has 0 aliphatic carbocycles. The lowest BCUT2D eigenvalue weighted by Gasteiger charge is -2.28. The second kappa shape index (κ2) is 7.81. The zero-order valence-electron chi connectivity index (χ0n) is 12.1. The molecule has 1 aromatic carbocycles. The van der Waals surface area contributed by atoms with E-state index < -0.39 is 6.10 Å². The number of aliphatic hydroxyl groups excluding tert-OH is 1. The average Bonchev–Trinajstić information content (AvgIpc) is 2.47. The van der Waals surface area contributed by atoms with E-state index in [1.165, 1.54) is 0 Å². The third-order valence-electron chi connectivity index (χ3n) is 3.35. The summed E-state index contributed by atoms with van der Waals surface area (Å²) in [6, 6.07) is 7.73. The van der Waals surface area contributed by atoms with Crippen LogP contribution in [-0.4, -0.2) is 54.8 Å². The van der Waals surface area contributed by atoms with E-state index >= 15 is 0 Å². The van der Waals surface area contributed by atoms with Crippen LogP contribution in [0, 0.1) is 0 Å². The van der Waals surface area contributed by atoms with E-state index in [9.17, 15) is 9.90 Å². The first-order chi connectivity index (χ1) is 10.2. The Hall–Kier alpha value is -1.85. The van der Waals surface area contributed by atoms with Gasteiger partial charge in [-0.3, -0.25) is 9.69 Å². The summed E-state index contributed by atoms with van der Waals surface area (Å²) in [5.41, 5.74) is 1.05. The molecule has 2 rings (SSSR count). The Kier molecular flexibility index (Phi) is 5.78. The van der Waals surface area contributed by atoms with Crippen molar-refractivity contribution in [2.45, 2.75) is 12.5 Å². The zero-order valence-corrected chi connectivity index (χ0v) is 12.1. The molecule has 1 amide bonds. The number of allylic oxidation sites excluding steroid dienone is 1. The predicted molar refractivity (Wildman–Crippen MR) is 81.3 cm³/mol. The monoisotopic (exact) mass is 290 g/mol. The van der Waals surface area contributed by atoms with Gasteiger partial charge in [0.15, 0.2) is 0 Å². The summed E-state index contributed by atoms with van der Waals surface area (Å²) in [4.78, 5) is 13.2. The number of ether oxygens (including phenoxy) is 1. The summed E-state index contributed by atoms with van der Waals surface area (Å²) in [5, 5.41) is 12.8. The van der Waals surface area contributed by atoms with Crippen LogP contribution in [0.3, 0.4) is 0 Å². The molecule has 1 saturated heterocycles. The number of nitrogens with zero attached hydrogens (tertiary/aromatic N) is 1. The lowest BCUT2D eigenvalue weighted by Crippen LogP contribution is -2.50. The maximum Gasteiger partial charge on any atom is 0.234 e. The molecule has 1 aromatic rings. The van der Waals surface area contributed by atoms with Crippen LogP contribution in [0.1, 0.15) is 5.56 Å². The Morgan fingerprint density at radius 3 is 3.05 bits per heavy atom. The van der Waals surface area contributed by atoms with Gasteiger partial charge in [0, 0.05) is 19.6 Å². The molecule has 0 aromatic heterocycles. The molecule has 5 heteroatoms. The van der Waals surface area contributed by atoms with Crippen LogP contribution in [0.15, 0.2) is 36.9 Å². The Morgan fingerprint density at radius 1 is 1.48 bits per heavy atom. The van der Waals surface area contributed by atoms with Crippen LogP contribution in [0.25, 0.3) is 0 Å². The molecule has 21 heavy (non-hydrogen) atoms. The number of hydrogen-bond acceptors (Lipinski definition) is 4. The van der Waals surface area contributed by atoms with E-state index in [-0.39, 0.29) is 12.5 Å². The number of nitrogens with one attached hydrogen (secondary N) is 1. The normalized spacial score (nSPS) is 17.1. The van der Waals surface area contributed by atoms with E-state index in [4.69, 9.17) is 4.74 Å². The molecule has 1 aliphatic heterocycles. The quantitative estimate of drug-likeness (QED) is 0.721. The Bertz CT molecular complexity index is 490. The molecular formula is C16H22N2O3. The van der Waals surface area contributed by atoms with E-state index in [0.29, 0.717) is 19.6 Å². The van der Waals surface area contributed by atoms with Gasteiger partial charge in [0.25, 0.3) is 0 Å². The van der Waals surface area contributed by atoms with Crippen molar-refractivity contribution >= 4 is 5.91 Å². The smallest absolute Gasteiger partial charge is 0.234 e. The van der Waals surface area contributed by atoms with Crippen molar-refractivity contribution in [2.75, 3.05) is 32.8 Å². The average molecular weight is 290 g/mol. The van der Waals surface area contributed by atoms with Gasteiger partial charge in [-0.1, -0.05) is 24.3 Å². The van der Waals surface area contributed by atoms with E-state index in [1.54, 1.807) is 0 Å². The first kappa shape index (κ1) is 15.5. The van der Waals surface area contributed by atoms with Gasteiger partial charge in [-0.05, 0) is 18.1 Å². The highest BCUT2D eigenvalue weighted by Crippen LogP contribution is 2.19. The van der Waals surface area contributed by atoms with Gasteiger partial charge in [0.05, 0.1) is 6.54 Å². The van der Waals surface area contributed by atoms with E-state index in [2.05, 4.69) is 11.9 Å². The van der Waals surface area contributed by atoms with Crippen molar-refractivity contribution in [3.05, 3.63) is 42.5 Å². The molecule has 1 fully saturated rings. The van der Waals surface area contributed by atoms with Crippen LogP contribution in [0.2, 0.25) is 0 Å². The highest BCUT2D eigenvalue weighted by molar-refractivity contribution is 5.78. The van der Waals surface area contributed by atoms with Crippen LogP contribution in [0.4, 0.5) is 0 Å². The zero-order chi connectivity index (χ0) is 15.1. The maximum absolute atomic E-state index is 11.3. The molecular weight excluding hydrogens is 268 g/mol. The fourth-order valence-electron chi connectivity index (χ4n) is 2.35. The molecule has 2 N–H and O–H groups in total. The number of carbonyl (C=O) groups is 1. The van der Waals surface area contributed by atoms with Crippen molar-refractivity contribution in [1.82, 2.24) is 10.2 Å². The van der Waals surface area contributed by atoms with Gasteiger partial charge in [-0.2, -0.15) is 0 Å². The number of amides is 1. The SMILES string of the molecule is C=CCc1ccccc1OC[C@@H](O)CN1CCNC(=O)C1. The lowest BCUT2D eigenvalue weighted by atomic mass is 10.1. The highest BCUT2D eigenvalue weighted by atomic mass is 16.5. The molecule has 1 heterocycles. The van der Waals surface area contributed by atoms with Crippen molar-refractivity contribution in [1.29, 1.82) is 0 Å². The number of aliphatic hydroxyl groups is 1. The minimum Gasteiger partial charge on any atom is -0.491 e. The van der Waals surface area contributed by atoms with Crippen LogP contribution < -0.4 is 10.1 Å². The van der Waals surface area contributed by atoms with Gasteiger partial charge in [-0.15, -0.1) is 6.58 Å². The number of hydrogen-bond donors (Lipinski definition) is 2. The molecule has 0 bridgehead atoms. The molecule has 5 nitrogen and oxygen atoms in total. The molecule has 0 saturated carbocycles. The summed E-state index contributed by atoms with van der Waals surface area (Å²) in [5.74, 6) is 0.776. The molecule has 0 spiro atoms. The van der Waals surface area contributed by atoms with E-state index in [0.717, 1.165) is 24.3 Å². The standard InChI is InChI=1S/C16H22N2O3/c1-2-5-13-6-3-4-7-15(13)21-12-14(19)10-18-9-8-17-16(20)11-18/h2-4,6-7,14,19H,1,5,8-12H2,(H,17,20)/t14-/m0/s1. The largest absolute Gasteiger partial charge is 0.491 e. The molecule has 1 aliphatic rings. The van der Waals surface area contributed by atoms with Crippen molar-refractivity contribution in [3.8, 4) is 5.75 Å². The number of para-hydroxylation sites is 1. The number of benzene rings is 1. The van der Waals surface area contributed by atoms with Gasteiger partial charge >= 0.3 is 0 Å². The third-order valence-corrected chi connectivity index (χ3v) is 3.35. The summed E-state index contributed by atoms with van der Waals surface area (Å²) in [7, 11) is 0. The van der Waals surface area contributed by atoms with Gasteiger partial charge < -0.3 is 15.2 Å². The second-order valence-corrected chi connectivity index (χ2v) is 5.15. The van der Waals surface area contributed by atoms with Crippen molar-refractivity contribution in [3.63, 3.8) is 0 Å². The minimum absolute atomic E-state index is 0.00527. The molecule has 0 radical (unpaired) electrons. The van der Waals surface area contributed by atoms with Gasteiger partial charge in [0.2, 0.25) is 5.91 Å². The van der Waals surface area contributed by atoms with Gasteiger partial charge in [0.1, 0.15) is 18.5 Å². The second-order valence-electron chi connectivity index (χ2n) is 5.15. The Labute approximate surface area is 125 Å². The third kappa shape index (κ3) is 4.88. The maximum atomic E-state index is 11.3. The van der Waals surface area contributed by atoms with Crippen molar-refractivity contribution in [2.24, 2.45) is 0 Å². The topological polar surface area (TPSA) is 61.8 Å². The molecule has 1 atom stereocenters. The first-order valence-corrected chi connectivity index (χ1v) is 7.17. The van der Waals surface area contributed by atoms with E-state index in [1.807, 2.05) is 35.2 Å². The summed E-state index contributed by atoms with van der Waals surface area (Å²) in [6.07, 6.45) is 1.94. The minimum atomic E-state index is -0.618. The fourth-order valence-corrected chi connectivity index (χ4v) is 2.35. The summed E-state index contributed by atoms with van der Waals surface area (Å²) < 4.78 is 5.69. The molecule has 0 unspecified atom stereocenters. The van der Waals surface area contributed by atoms with Crippen molar-refractivity contribution < 1.29 is 14.6 Å². The van der Waals surface area contributed by atoms with Crippen LogP contribution in [0.5, 0.6) is 5.75 Å². The lowest BCUT2D eigenvalue weighted by molar-refractivity contribution is -0.124. The Morgan fingerprint density at radius 2 is 2.29 bits per heavy atom. The summed E-state index contributed by atoms with van der Waals surface area (Å²) >= 11 is 0. The fraction of sp³-hybridized carbons (Fsp3) is 0.438. The predicted octanol–water partition coefficient (Wildman–Crippen LogP) is 0.587. The van der Waals surface area contributed by atoms with Crippen LogP contribution in [-0.2, 0) is 11.2 Å². The molecule has 114 valence electrons. The number of piperazine rings is 1. The number of β-amino-alcohol motifs (C(OH)–C–C–N with tert-alkyl or cyclic N) is 1. The van der Waals surface area contributed by atoms with Crippen LogP contribution >= 0.6 is 0 Å². The van der Waals surface area contributed by atoms with Gasteiger partial charge in [-0.25, -0.2) is 0 Å². The Balaban J connectivity index is 1.82. The summed E-state index contributed by atoms with van der Waals surface area (Å²) in [6.45, 7) is 6.11. The highest BCUT2D eigenvalue weighted by Gasteiger charge is 2.19.